The average Bonchev–Trinajstić information content (AvgIpc) is 3.23. The lowest BCUT2D eigenvalue weighted by Crippen LogP contribution is -2.33. The summed E-state index contributed by atoms with van der Waals surface area (Å²) >= 11 is 5.84. The van der Waals surface area contributed by atoms with Crippen molar-refractivity contribution >= 4 is 29.1 Å². The van der Waals surface area contributed by atoms with Crippen LogP contribution in [0.25, 0.3) is 0 Å². The van der Waals surface area contributed by atoms with Gasteiger partial charge in [0.05, 0.1) is 31.5 Å². The van der Waals surface area contributed by atoms with Crippen molar-refractivity contribution in [2.24, 2.45) is 0 Å². The van der Waals surface area contributed by atoms with E-state index in [2.05, 4.69) is 10.4 Å². The van der Waals surface area contributed by atoms with E-state index in [1.165, 1.54) is 27.9 Å². The number of aryl methyl sites for hydroxylation is 1. The van der Waals surface area contributed by atoms with E-state index in [1.54, 1.807) is 50.5 Å². The number of amides is 2. The van der Waals surface area contributed by atoms with E-state index in [0.717, 1.165) is 5.56 Å². The van der Waals surface area contributed by atoms with Crippen molar-refractivity contribution in [3.63, 3.8) is 0 Å². The molecule has 3 rings (SSSR count). The van der Waals surface area contributed by atoms with Crippen molar-refractivity contribution in [2.45, 2.75) is 19.9 Å². The largest absolute Gasteiger partial charge is 0.492 e. The zero-order valence-electron chi connectivity index (χ0n) is 19.0. The summed E-state index contributed by atoms with van der Waals surface area (Å²) in [5.41, 5.74) is 1.24. The molecule has 0 saturated carbocycles. The Labute approximate surface area is 202 Å². The standard InChI is InChI=1S/C24H26ClFN4O4/c1-17-3-8-22(21(26)13-17)34-11-9-23(31)28-19-14-27-30(15-19)16-24(32)29(2)10-12-33-20-6-4-18(25)5-7-20/h3-8,13-15H,9-12,16H2,1-2H3,(H,28,31). The average molecular weight is 489 g/mol. The molecule has 2 amide bonds. The Kier molecular flexibility index (Phi) is 8.86. The van der Waals surface area contributed by atoms with Crippen molar-refractivity contribution in [1.29, 1.82) is 0 Å². The molecule has 0 spiro atoms. The van der Waals surface area contributed by atoms with E-state index < -0.39 is 5.82 Å². The molecule has 8 nitrogen and oxygen atoms in total. The summed E-state index contributed by atoms with van der Waals surface area (Å²) in [5, 5.41) is 7.41. The molecule has 10 heteroatoms. The first-order valence-corrected chi connectivity index (χ1v) is 11.0. The molecule has 0 unspecified atom stereocenters. The summed E-state index contributed by atoms with van der Waals surface area (Å²) in [6.45, 7) is 2.56. The molecular weight excluding hydrogens is 463 g/mol. The molecule has 1 aromatic heterocycles. The number of likely N-dealkylation sites (N-methyl/N-ethyl adjacent to an activating group) is 1. The highest BCUT2D eigenvalue weighted by atomic mass is 35.5. The van der Waals surface area contributed by atoms with Crippen LogP contribution in [-0.2, 0) is 16.1 Å². The molecule has 180 valence electrons. The maximum atomic E-state index is 13.8. The van der Waals surface area contributed by atoms with Crippen LogP contribution in [0.4, 0.5) is 10.1 Å². The van der Waals surface area contributed by atoms with Crippen molar-refractivity contribution in [3.05, 3.63) is 71.3 Å². The number of ether oxygens (including phenoxy) is 2. The van der Waals surface area contributed by atoms with Gasteiger partial charge in [0.25, 0.3) is 0 Å². The third-order valence-electron chi connectivity index (χ3n) is 4.82. The Morgan fingerprint density at radius 2 is 1.91 bits per heavy atom. The molecule has 3 aromatic rings. The van der Waals surface area contributed by atoms with Crippen LogP contribution in [0, 0.1) is 12.7 Å². The molecule has 2 aromatic carbocycles. The SMILES string of the molecule is Cc1ccc(OCCC(=O)Nc2cnn(CC(=O)N(C)CCOc3ccc(Cl)cc3)c2)c(F)c1. The molecule has 0 radical (unpaired) electrons. The highest BCUT2D eigenvalue weighted by Crippen LogP contribution is 2.18. The van der Waals surface area contributed by atoms with Gasteiger partial charge in [-0.2, -0.15) is 5.10 Å². The van der Waals surface area contributed by atoms with Crippen LogP contribution in [0.3, 0.4) is 0 Å². The molecule has 0 saturated heterocycles. The van der Waals surface area contributed by atoms with Gasteiger partial charge >= 0.3 is 0 Å². The van der Waals surface area contributed by atoms with Gasteiger partial charge in [-0.1, -0.05) is 17.7 Å². The first-order chi connectivity index (χ1) is 16.3. The predicted octanol–water partition coefficient (Wildman–Crippen LogP) is 3.93. The van der Waals surface area contributed by atoms with E-state index in [1.807, 2.05) is 0 Å². The lowest BCUT2D eigenvalue weighted by atomic mass is 10.2. The molecule has 0 bridgehead atoms. The van der Waals surface area contributed by atoms with Crippen LogP contribution in [-0.4, -0.2) is 53.3 Å². The van der Waals surface area contributed by atoms with Crippen LogP contribution in [0.2, 0.25) is 5.02 Å². The molecular formula is C24H26ClFN4O4. The second kappa shape index (κ2) is 12.0. The third kappa shape index (κ3) is 7.77. The zero-order chi connectivity index (χ0) is 24.5. The number of halogens is 2. The second-order valence-electron chi connectivity index (χ2n) is 7.62. The van der Waals surface area contributed by atoms with Gasteiger partial charge in [0.2, 0.25) is 11.8 Å². The van der Waals surface area contributed by atoms with Crippen LogP contribution in [0.1, 0.15) is 12.0 Å². The smallest absolute Gasteiger partial charge is 0.244 e. The Morgan fingerprint density at radius 3 is 2.65 bits per heavy atom. The number of carbonyl (C=O) groups excluding carboxylic acids is 2. The lowest BCUT2D eigenvalue weighted by molar-refractivity contribution is -0.131. The number of nitrogens with one attached hydrogen (secondary N) is 1. The summed E-state index contributed by atoms with van der Waals surface area (Å²) in [7, 11) is 1.68. The Balaban J connectivity index is 1.37. The Hall–Kier alpha value is -3.59. The van der Waals surface area contributed by atoms with Crippen LogP contribution < -0.4 is 14.8 Å². The molecule has 0 fully saturated rings. The number of rotatable bonds is 11. The molecule has 1 N–H and O–H groups in total. The van der Waals surface area contributed by atoms with Crippen molar-refractivity contribution < 1.29 is 23.5 Å². The van der Waals surface area contributed by atoms with E-state index in [9.17, 15) is 14.0 Å². The van der Waals surface area contributed by atoms with Gasteiger partial charge in [-0.25, -0.2) is 4.39 Å². The molecule has 0 aliphatic rings. The Bertz CT molecular complexity index is 1120. The first kappa shape index (κ1) is 25.0. The van der Waals surface area contributed by atoms with Crippen LogP contribution in [0.15, 0.2) is 54.9 Å². The summed E-state index contributed by atoms with van der Waals surface area (Å²) in [6, 6.07) is 11.6. The van der Waals surface area contributed by atoms with E-state index in [-0.39, 0.29) is 37.1 Å². The highest BCUT2D eigenvalue weighted by molar-refractivity contribution is 6.30. The van der Waals surface area contributed by atoms with Crippen molar-refractivity contribution in [1.82, 2.24) is 14.7 Å². The summed E-state index contributed by atoms with van der Waals surface area (Å²) in [6.07, 6.45) is 3.05. The second-order valence-corrected chi connectivity index (χ2v) is 8.06. The minimum atomic E-state index is -0.465. The topological polar surface area (TPSA) is 85.7 Å². The molecule has 0 atom stereocenters. The Morgan fingerprint density at radius 1 is 1.15 bits per heavy atom. The number of anilines is 1. The van der Waals surface area contributed by atoms with Crippen molar-refractivity contribution in [2.75, 3.05) is 32.1 Å². The van der Waals surface area contributed by atoms with E-state index >= 15 is 0 Å². The number of carbonyl (C=O) groups is 2. The fourth-order valence-corrected chi connectivity index (χ4v) is 3.06. The molecule has 0 aliphatic heterocycles. The van der Waals surface area contributed by atoms with Gasteiger partial charge in [0, 0.05) is 18.3 Å². The number of hydrogen-bond acceptors (Lipinski definition) is 5. The van der Waals surface area contributed by atoms with Gasteiger partial charge < -0.3 is 19.7 Å². The first-order valence-electron chi connectivity index (χ1n) is 10.6. The lowest BCUT2D eigenvalue weighted by Gasteiger charge is -2.17. The van der Waals surface area contributed by atoms with E-state index in [4.69, 9.17) is 21.1 Å². The molecule has 0 aliphatic carbocycles. The third-order valence-corrected chi connectivity index (χ3v) is 5.08. The van der Waals surface area contributed by atoms with Crippen molar-refractivity contribution in [3.8, 4) is 11.5 Å². The molecule has 1 heterocycles. The van der Waals surface area contributed by atoms with E-state index in [0.29, 0.717) is 29.6 Å². The fourth-order valence-electron chi connectivity index (χ4n) is 2.93. The van der Waals surface area contributed by atoms with Gasteiger partial charge in [-0.3, -0.25) is 14.3 Å². The van der Waals surface area contributed by atoms with Gasteiger partial charge in [-0.15, -0.1) is 0 Å². The monoisotopic (exact) mass is 488 g/mol. The summed E-state index contributed by atoms with van der Waals surface area (Å²) in [5.74, 6) is -0.156. The predicted molar refractivity (Wildman–Crippen MR) is 127 cm³/mol. The number of benzene rings is 2. The van der Waals surface area contributed by atoms with Gasteiger partial charge in [0.1, 0.15) is 18.9 Å². The minimum absolute atomic E-state index is 0.0170. The maximum absolute atomic E-state index is 13.8. The summed E-state index contributed by atoms with van der Waals surface area (Å²) in [4.78, 5) is 26.1. The van der Waals surface area contributed by atoms with Gasteiger partial charge in [-0.05, 0) is 48.9 Å². The normalized spacial score (nSPS) is 10.6. The quantitative estimate of drug-likeness (QED) is 0.442. The summed E-state index contributed by atoms with van der Waals surface area (Å²) < 4.78 is 26.1. The number of nitrogens with zero attached hydrogens (tertiary/aromatic N) is 3. The minimum Gasteiger partial charge on any atom is -0.492 e. The molecule has 34 heavy (non-hydrogen) atoms. The van der Waals surface area contributed by atoms with Crippen LogP contribution in [0.5, 0.6) is 11.5 Å². The highest BCUT2D eigenvalue weighted by Gasteiger charge is 2.12. The number of hydrogen-bond donors (Lipinski definition) is 1. The fraction of sp³-hybridized carbons (Fsp3) is 0.292. The number of aromatic nitrogens is 2. The maximum Gasteiger partial charge on any atom is 0.244 e. The van der Waals surface area contributed by atoms with Crippen LogP contribution >= 0.6 is 11.6 Å². The zero-order valence-corrected chi connectivity index (χ0v) is 19.7. The van der Waals surface area contributed by atoms with Gasteiger partial charge in [0.15, 0.2) is 11.6 Å².